The van der Waals surface area contributed by atoms with E-state index in [1.54, 1.807) is 0 Å². The average Bonchev–Trinajstić information content (AvgIpc) is 3.17. The zero-order valence-electron chi connectivity index (χ0n) is 17.6. The van der Waals surface area contributed by atoms with Crippen LogP contribution < -0.4 is 5.32 Å². The van der Waals surface area contributed by atoms with Crippen molar-refractivity contribution < 1.29 is 14.0 Å². The van der Waals surface area contributed by atoms with Crippen molar-refractivity contribution in [2.75, 3.05) is 11.9 Å². The van der Waals surface area contributed by atoms with Crippen molar-refractivity contribution in [2.45, 2.75) is 33.7 Å². The van der Waals surface area contributed by atoms with E-state index in [4.69, 9.17) is 4.42 Å². The third-order valence-electron chi connectivity index (χ3n) is 5.38. The zero-order chi connectivity index (χ0) is 21.3. The van der Waals surface area contributed by atoms with Gasteiger partial charge in [0.2, 0.25) is 5.91 Å². The standard InChI is InChI=1S/C25H26N2O3/c1-16(2)24(28)26-21-9-7-18(8-10-21)23-14-20-15-27(12-11-22(20)30-23)25(29)19-6-4-5-17(3)13-19/h4-10,13-14,16H,11-12,15H2,1-3H3,(H,26,28). The van der Waals surface area contributed by atoms with Crippen LogP contribution >= 0.6 is 0 Å². The second kappa shape index (κ2) is 8.19. The summed E-state index contributed by atoms with van der Waals surface area (Å²) in [6.07, 6.45) is 0.704. The maximum atomic E-state index is 12.9. The molecule has 30 heavy (non-hydrogen) atoms. The monoisotopic (exact) mass is 402 g/mol. The highest BCUT2D eigenvalue weighted by Crippen LogP contribution is 2.31. The highest BCUT2D eigenvalue weighted by Gasteiger charge is 2.25. The molecule has 2 heterocycles. The molecule has 0 radical (unpaired) electrons. The highest BCUT2D eigenvalue weighted by atomic mass is 16.3. The maximum absolute atomic E-state index is 12.9. The average molecular weight is 402 g/mol. The molecule has 0 aliphatic carbocycles. The summed E-state index contributed by atoms with van der Waals surface area (Å²) in [5.41, 5.74) is 4.57. The van der Waals surface area contributed by atoms with E-state index in [0.717, 1.165) is 39.5 Å². The molecule has 0 atom stereocenters. The van der Waals surface area contributed by atoms with Crippen molar-refractivity contribution in [3.05, 3.63) is 77.0 Å². The second-order valence-electron chi connectivity index (χ2n) is 8.13. The van der Waals surface area contributed by atoms with Gasteiger partial charge in [0.1, 0.15) is 11.5 Å². The van der Waals surface area contributed by atoms with Gasteiger partial charge in [0, 0.05) is 47.8 Å². The number of rotatable bonds is 4. The van der Waals surface area contributed by atoms with Crippen molar-refractivity contribution in [1.82, 2.24) is 4.90 Å². The van der Waals surface area contributed by atoms with Crippen LogP contribution in [0.4, 0.5) is 5.69 Å². The van der Waals surface area contributed by atoms with E-state index in [0.29, 0.717) is 19.5 Å². The van der Waals surface area contributed by atoms with Gasteiger partial charge < -0.3 is 14.6 Å². The van der Waals surface area contributed by atoms with Gasteiger partial charge in [0.05, 0.1) is 0 Å². The molecule has 0 unspecified atom stereocenters. The Kier molecular flexibility index (Phi) is 5.44. The second-order valence-corrected chi connectivity index (χ2v) is 8.13. The first-order valence-corrected chi connectivity index (χ1v) is 10.3. The molecule has 5 heteroatoms. The fraction of sp³-hybridized carbons (Fsp3) is 0.280. The molecule has 154 valence electrons. The maximum Gasteiger partial charge on any atom is 0.254 e. The molecule has 1 N–H and O–H groups in total. The highest BCUT2D eigenvalue weighted by molar-refractivity contribution is 5.94. The minimum Gasteiger partial charge on any atom is -0.461 e. The number of benzene rings is 2. The fourth-order valence-electron chi connectivity index (χ4n) is 3.61. The molecule has 3 aromatic rings. The number of furan rings is 1. The van der Waals surface area contributed by atoms with E-state index < -0.39 is 0 Å². The van der Waals surface area contributed by atoms with Crippen molar-refractivity contribution in [3.63, 3.8) is 0 Å². The largest absolute Gasteiger partial charge is 0.461 e. The first-order chi connectivity index (χ1) is 14.4. The predicted molar refractivity (Wildman–Crippen MR) is 117 cm³/mol. The SMILES string of the molecule is Cc1cccc(C(=O)N2CCc3oc(-c4ccc(NC(=O)C(C)C)cc4)cc3C2)c1. The molecule has 0 saturated carbocycles. The van der Waals surface area contributed by atoms with Gasteiger partial charge in [0.25, 0.3) is 5.91 Å². The molecule has 2 aromatic carbocycles. The normalized spacial score (nSPS) is 13.3. The Morgan fingerprint density at radius 1 is 1.07 bits per heavy atom. The number of aryl methyl sites for hydroxylation is 1. The summed E-state index contributed by atoms with van der Waals surface area (Å²) >= 11 is 0. The van der Waals surface area contributed by atoms with Crippen LogP contribution in [-0.4, -0.2) is 23.3 Å². The van der Waals surface area contributed by atoms with E-state index in [2.05, 4.69) is 5.32 Å². The lowest BCUT2D eigenvalue weighted by atomic mass is 10.1. The summed E-state index contributed by atoms with van der Waals surface area (Å²) in [5.74, 6) is 1.71. The van der Waals surface area contributed by atoms with Gasteiger partial charge in [-0.3, -0.25) is 9.59 Å². The molecule has 1 aliphatic heterocycles. The van der Waals surface area contributed by atoms with Crippen molar-refractivity contribution in [1.29, 1.82) is 0 Å². The minimum atomic E-state index is -0.0630. The number of nitrogens with one attached hydrogen (secondary N) is 1. The molecule has 0 spiro atoms. The van der Waals surface area contributed by atoms with Crippen LogP contribution in [0.1, 0.15) is 41.1 Å². The number of amides is 2. The Hall–Kier alpha value is -3.34. The Bertz CT molecular complexity index is 1080. The summed E-state index contributed by atoms with van der Waals surface area (Å²) in [6.45, 7) is 6.92. The van der Waals surface area contributed by atoms with Gasteiger partial charge in [-0.15, -0.1) is 0 Å². The van der Waals surface area contributed by atoms with Crippen LogP contribution in [0.2, 0.25) is 0 Å². The van der Waals surface area contributed by atoms with Gasteiger partial charge in [-0.2, -0.15) is 0 Å². The van der Waals surface area contributed by atoms with Crippen LogP contribution in [0.15, 0.2) is 59.0 Å². The van der Waals surface area contributed by atoms with Gasteiger partial charge in [-0.05, 0) is 49.4 Å². The lowest BCUT2D eigenvalue weighted by Crippen LogP contribution is -2.35. The summed E-state index contributed by atoms with van der Waals surface area (Å²) in [6, 6.07) is 17.4. The number of nitrogens with zero attached hydrogens (tertiary/aromatic N) is 1. The number of carbonyl (C=O) groups excluding carboxylic acids is 2. The number of anilines is 1. The van der Waals surface area contributed by atoms with Crippen LogP contribution in [-0.2, 0) is 17.8 Å². The van der Waals surface area contributed by atoms with E-state index in [1.807, 2.05) is 80.3 Å². The van der Waals surface area contributed by atoms with E-state index in [-0.39, 0.29) is 17.7 Å². The van der Waals surface area contributed by atoms with Gasteiger partial charge in [0.15, 0.2) is 0 Å². The fourth-order valence-corrected chi connectivity index (χ4v) is 3.61. The summed E-state index contributed by atoms with van der Waals surface area (Å²) in [4.78, 5) is 26.6. The third-order valence-corrected chi connectivity index (χ3v) is 5.38. The zero-order valence-corrected chi connectivity index (χ0v) is 17.6. The topological polar surface area (TPSA) is 62.6 Å². The van der Waals surface area contributed by atoms with E-state index >= 15 is 0 Å². The van der Waals surface area contributed by atoms with Crippen LogP contribution in [0.25, 0.3) is 11.3 Å². The quantitative estimate of drug-likeness (QED) is 0.664. The molecular weight excluding hydrogens is 376 g/mol. The summed E-state index contributed by atoms with van der Waals surface area (Å²) in [5, 5.41) is 2.89. The van der Waals surface area contributed by atoms with Crippen LogP contribution in [0.5, 0.6) is 0 Å². The molecule has 2 amide bonds. The number of fused-ring (bicyclic) bond motifs is 1. The molecule has 1 aliphatic rings. The number of carbonyl (C=O) groups is 2. The van der Waals surface area contributed by atoms with Crippen molar-refractivity contribution in [2.24, 2.45) is 5.92 Å². The molecule has 0 fully saturated rings. The molecule has 4 rings (SSSR count). The first kappa shape index (κ1) is 20.0. The minimum absolute atomic E-state index is 0.00502. The number of hydrogen-bond donors (Lipinski definition) is 1. The van der Waals surface area contributed by atoms with Crippen LogP contribution in [0, 0.1) is 12.8 Å². The molecule has 5 nitrogen and oxygen atoms in total. The lowest BCUT2D eigenvalue weighted by molar-refractivity contribution is -0.118. The van der Waals surface area contributed by atoms with Crippen LogP contribution in [0.3, 0.4) is 0 Å². The molecule has 1 aromatic heterocycles. The molecule has 0 bridgehead atoms. The Balaban J connectivity index is 1.48. The van der Waals surface area contributed by atoms with Crippen molar-refractivity contribution >= 4 is 17.5 Å². The summed E-state index contributed by atoms with van der Waals surface area (Å²) < 4.78 is 6.08. The predicted octanol–water partition coefficient (Wildman–Crippen LogP) is 5.05. The van der Waals surface area contributed by atoms with Gasteiger partial charge >= 0.3 is 0 Å². The molecule has 0 saturated heterocycles. The Morgan fingerprint density at radius 2 is 1.83 bits per heavy atom. The van der Waals surface area contributed by atoms with E-state index in [1.165, 1.54) is 0 Å². The summed E-state index contributed by atoms with van der Waals surface area (Å²) in [7, 11) is 0. The molecular formula is C25H26N2O3. The third kappa shape index (κ3) is 4.15. The number of hydrogen-bond acceptors (Lipinski definition) is 3. The Labute approximate surface area is 176 Å². The lowest BCUT2D eigenvalue weighted by Gasteiger charge is -2.26. The van der Waals surface area contributed by atoms with E-state index in [9.17, 15) is 9.59 Å². The van der Waals surface area contributed by atoms with Crippen molar-refractivity contribution in [3.8, 4) is 11.3 Å². The first-order valence-electron chi connectivity index (χ1n) is 10.3. The van der Waals surface area contributed by atoms with Gasteiger partial charge in [-0.25, -0.2) is 0 Å². The Morgan fingerprint density at radius 3 is 2.53 bits per heavy atom. The van der Waals surface area contributed by atoms with Gasteiger partial charge in [-0.1, -0.05) is 31.5 Å². The smallest absolute Gasteiger partial charge is 0.254 e.